The standard InChI is InChI=1S/C28H20F4N6O2.C16H13FN6O2.C16H15FN6.C11H11FN4.C6H7BBrN4O/c29-20-8-4-7-19(14-20)26-36-35-23-16-37(11-12-38(23)26)22-10-9-17(15-33-22)13-21(39)24-25(28(30,31)32)34-27(40-24)18-5-2-1-3-6-18;17-12-3-1-2-11(8-12)16-20-19-15-10-21(6-7-22(15)16)14-5-4-13(9-18-14)23(24)25;17-12-3-1-2-11(8-12)16-21-20-15-10-22(6-7-23(15)16)14-5-4-13(18)9-19-14;12-9-3-1-2-8(6-9)11-15-14-10-7-13-4-5-16(10)11;8-6-10-9-5-3-11(7-4-13)1-2-12(5)6/h1-10,14-15H,11-13,16H2;1-5,8-9H,6-7,10H2;1-5,8-9H,6-7,10,18H2;1-3,6,13H,4-5,7H2;4H,1-3H2. The number of aromatic nitrogens is 19. The number of alkyl halides is 3. The number of carbonyl (C=O) groups is 2. The van der Waals surface area contributed by atoms with Gasteiger partial charge in [-0.1, -0.05) is 72.8 Å². The Labute approximate surface area is 669 Å². The number of Topliss-reactive ketones (excluding diaryl/α,β-unsaturated/α-hetero) is 1. The second kappa shape index (κ2) is 35.0. The van der Waals surface area contributed by atoms with Crippen molar-refractivity contribution in [2.24, 2.45) is 0 Å². The van der Waals surface area contributed by atoms with E-state index in [4.69, 9.17) is 10.2 Å². The van der Waals surface area contributed by atoms with E-state index in [0.717, 1.165) is 103 Å². The third-order valence-corrected chi connectivity index (χ3v) is 19.8. The quantitative estimate of drug-likeness (QED) is 0.0255. The van der Waals surface area contributed by atoms with Gasteiger partial charge in [0.05, 0.1) is 49.2 Å². The Morgan fingerprint density at radius 1 is 0.513 bits per heavy atom. The van der Waals surface area contributed by atoms with E-state index in [1.54, 1.807) is 91.1 Å². The van der Waals surface area contributed by atoms with Crippen molar-refractivity contribution in [1.82, 2.24) is 104 Å². The van der Waals surface area contributed by atoms with Crippen molar-refractivity contribution in [1.29, 1.82) is 0 Å². The van der Waals surface area contributed by atoms with Gasteiger partial charge in [0.25, 0.3) is 13.1 Å². The molecule has 593 valence electrons. The Morgan fingerprint density at radius 2 is 0.957 bits per heavy atom. The lowest BCUT2D eigenvalue weighted by Gasteiger charge is -2.28. The number of ketones is 1. The maximum atomic E-state index is 13.7. The first-order valence-electron chi connectivity index (χ1n) is 36.5. The van der Waals surface area contributed by atoms with Gasteiger partial charge in [0.2, 0.25) is 17.4 Å². The maximum Gasteiger partial charge on any atom is 0.437 e. The highest BCUT2D eigenvalue weighted by Gasteiger charge is 2.41. The minimum absolute atomic E-state index is 0.0442. The molecule has 31 nitrogen and oxygen atoms in total. The summed E-state index contributed by atoms with van der Waals surface area (Å²) in [6.07, 6.45) is -0.0642. The number of nitrogens with one attached hydrogen (secondary N) is 1. The number of benzene rings is 5. The number of nitrogens with zero attached hydrogens (tertiary/aromatic N) is 24. The molecule has 0 unspecified atom stereocenters. The number of pyridine rings is 3. The molecule has 1 radical (unpaired) electrons. The zero-order valence-electron chi connectivity index (χ0n) is 61.7. The summed E-state index contributed by atoms with van der Waals surface area (Å²) < 4.78 is 111. The van der Waals surface area contributed by atoms with Crippen molar-refractivity contribution in [2.75, 3.05) is 53.2 Å². The normalized spacial score (nSPS) is 14.1. The number of hydrogen-bond acceptors (Lipinski definition) is 25. The molecule has 0 fully saturated rings. The van der Waals surface area contributed by atoms with Crippen LogP contribution in [0.25, 0.3) is 57.0 Å². The van der Waals surface area contributed by atoms with Gasteiger partial charge in [-0.2, -0.15) is 13.2 Å². The highest BCUT2D eigenvalue weighted by atomic mass is 79.9. The van der Waals surface area contributed by atoms with Gasteiger partial charge in [0, 0.05) is 118 Å². The van der Waals surface area contributed by atoms with E-state index >= 15 is 0 Å². The molecule has 0 aliphatic carbocycles. The Bertz CT molecular complexity index is 5870. The lowest BCUT2D eigenvalue weighted by Crippen LogP contribution is -2.37. The van der Waals surface area contributed by atoms with Crippen LogP contribution in [0, 0.1) is 33.4 Å². The molecule has 9 aromatic heterocycles. The van der Waals surface area contributed by atoms with Crippen LogP contribution in [0.15, 0.2) is 192 Å². The molecule has 0 spiro atoms. The van der Waals surface area contributed by atoms with Gasteiger partial charge in [0.1, 0.15) is 58.6 Å². The maximum absolute atomic E-state index is 13.7. The molecule has 0 amide bonds. The number of nitrogen functional groups attached to an aromatic ring is 1. The minimum Gasteiger partial charge on any atom is -0.432 e. The van der Waals surface area contributed by atoms with E-state index in [9.17, 15) is 50.4 Å². The minimum atomic E-state index is -4.85. The summed E-state index contributed by atoms with van der Waals surface area (Å²) >= 11 is 3.30. The van der Waals surface area contributed by atoms with E-state index < -0.39 is 28.3 Å². The summed E-state index contributed by atoms with van der Waals surface area (Å²) in [6, 6.07) is 43.5. The van der Waals surface area contributed by atoms with Crippen LogP contribution in [0.5, 0.6) is 0 Å². The van der Waals surface area contributed by atoms with Crippen molar-refractivity contribution in [3.8, 4) is 57.0 Å². The summed E-state index contributed by atoms with van der Waals surface area (Å²) in [4.78, 5) is 57.8. The molecule has 117 heavy (non-hydrogen) atoms. The average molecular weight is 1660 g/mol. The van der Waals surface area contributed by atoms with E-state index in [1.165, 1.54) is 74.4 Å². The summed E-state index contributed by atoms with van der Waals surface area (Å²) in [5.41, 5.74) is 8.51. The van der Waals surface area contributed by atoms with Gasteiger partial charge in [-0.05, 0) is 106 Å². The fraction of sp³-hybridized carbons (Fsp3) is 0.221. The fourth-order valence-electron chi connectivity index (χ4n) is 13.5. The third kappa shape index (κ3) is 18.3. The number of anilines is 4. The first kappa shape index (κ1) is 78.6. The highest BCUT2D eigenvalue weighted by Crippen LogP contribution is 2.36. The number of nitrogens with two attached hydrogens (primary N) is 1. The SMILES string of the molecule is Fc1cccc(-c2nnc3n2CCNC3)c1.Nc1ccc(N2CCn3c(nnc3-c3cccc(F)c3)C2)nc1.O=C(Cc1ccc(N2CCn3c(nnc3-c3cccc(F)c3)C2)nc1)c1oc(-c2ccccc2)nc1C(F)(F)F.O=C[B]N1CCn2c(Br)nnc2C1.O=[N+]([O-])c1ccc(N2CCn3c(nnc3-c3cccc(F)c3)C2)nc1. The van der Waals surface area contributed by atoms with Gasteiger partial charge in [-0.15, -0.1) is 51.0 Å². The zero-order chi connectivity index (χ0) is 81.3. The Balaban J connectivity index is 0.000000121. The van der Waals surface area contributed by atoms with Crippen molar-refractivity contribution in [2.45, 2.75) is 78.0 Å². The number of hydrogen-bond donors (Lipinski definition) is 2. The van der Waals surface area contributed by atoms with Crippen LogP contribution in [0.2, 0.25) is 0 Å². The van der Waals surface area contributed by atoms with Gasteiger partial charge < -0.3 is 62.6 Å². The fourth-order valence-corrected chi connectivity index (χ4v) is 14.0. The van der Waals surface area contributed by atoms with Crippen molar-refractivity contribution < 1.29 is 49.7 Å². The van der Waals surface area contributed by atoms with E-state index in [1.807, 2.05) is 61.7 Å². The average Bonchev–Trinajstić information content (AvgIpc) is 1.66. The highest BCUT2D eigenvalue weighted by molar-refractivity contribution is 9.10. The predicted octanol–water partition coefficient (Wildman–Crippen LogP) is 10.9. The topological polar surface area (TPSA) is 347 Å². The Hall–Kier alpha value is -13.6. The Kier molecular flexibility index (Phi) is 23.5. The molecule has 14 heterocycles. The van der Waals surface area contributed by atoms with Gasteiger partial charge in [-0.3, -0.25) is 14.9 Å². The predicted molar refractivity (Wildman–Crippen MR) is 416 cm³/mol. The number of rotatable bonds is 14. The van der Waals surface area contributed by atoms with Crippen LogP contribution in [0.4, 0.5) is 59.6 Å². The van der Waals surface area contributed by atoms with Crippen LogP contribution in [-0.4, -0.2) is 156 Å². The van der Waals surface area contributed by atoms with Crippen molar-refractivity contribution in [3.05, 3.63) is 267 Å². The summed E-state index contributed by atoms with van der Waals surface area (Å²) in [5.74, 6) is 5.68. The summed E-state index contributed by atoms with van der Waals surface area (Å²) in [6.45, 7) is 10.1. The van der Waals surface area contributed by atoms with E-state index in [0.29, 0.717) is 115 Å². The molecule has 3 N–H and O–H groups in total. The van der Waals surface area contributed by atoms with Crippen LogP contribution in [0.1, 0.15) is 50.9 Å². The first-order valence-corrected chi connectivity index (χ1v) is 37.2. The van der Waals surface area contributed by atoms with E-state index in [-0.39, 0.29) is 41.3 Å². The molecule has 5 aromatic carbocycles. The van der Waals surface area contributed by atoms with Crippen LogP contribution in [-0.2, 0) is 82.8 Å². The number of fused-ring (bicyclic) bond motifs is 5. The molecule has 0 saturated carbocycles. The number of nitro groups is 1. The van der Waals surface area contributed by atoms with Gasteiger partial charge >= 0.3 is 6.18 Å². The van der Waals surface area contributed by atoms with Crippen molar-refractivity contribution in [3.63, 3.8) is 0 Å². The second-order valence-electron chi connectivity index (χ2n) is 26.9. The third-order valence-electron chi connectivity index (χ3n) is 19.3. The number of oxazole rings is 1. The molecule has 5 aliphatic rings. The van der Waals surface area contributed by atoms with Crippen LogP contribution < -0.4 is 25.8 Å². The number of halogens is 8. The molecule has 0 saturated heterocycles. The Morgan fingerprint density at radius 3 is 1.40 bits per heavy atom. The molecule has 14 aromatic rings. The smallest absolute Gasteiger partial charge is 0.432 e. The summed E-state index contributed by atoms with van der Waals surface area (Å²) in [7, 11) is 1.53. The molecule has 40 heteroatoms. The van der Waals surface area contributed by atoms with Crippen LogP contribution >= 0.6 is 15.9 Å². The molecule has 19 rings (SSSR count). The molecular weight excluding hydrogens is 1590 g/mol. The van der Waals surface area contributed by atoms with E-state index in [2.05, 4.69) is 97.1 Å². The second-order valence-corrected chi connectivity index (χ2v) is 27.6. The lowest BCUT2D eigenvalue weighted by atomic mass is 9.94. The molecule has 0 bridgehead atoms. The van der Waals surface area contributed by atoms with Crippen molar-refractivity contribution >= 4 is 64.1 Å². The molecular formula is C77H66BBrF7N26O5. The van der Waals surface area contributed by atoms with Gasteiger partial charge in [-0.25, -0.2) is 37.5 Å². The number of carbonyl (C=O) groups excluding carboxylic acids is 2. The lowest BCUT2D eigenvalue weighted by molar-refractivity contribution is -0.385. The van der Waals surface area contributed by atoms with Gasteiger partial charge in [0.15, 0.2) is 51.2 Å². The summed E-state index contributed by atoms with van der Waals surface area (Å²) in [5, 5.41) is 55.4. The van der Waals surface area contributed by atoms with Crippen LogP contribution in [0.3, 0.4) is 0 Å². The largest absolute Gasteiger partial charge is 0.437 e. The first-order chi connectivity index (χ1) is 56.7. The molecule has 5 aliphatic heterocycles. The molecule has 0 atom stereocenters. The zero-order valence-corrected chi connectivity index (χ0v) is 63.3. The monoisotopic (exact) mass is 1660 g/mol.